The van der Waals surface area contributed by atoms with E-state index in [1.165, 1.54) is 11.6 Å². The number of fused-ring (bicyclic) bond motifs is 4. The predicted molar refractivity (Wildman–Crippen MR) is 120 cm³/mol. The Kier molecular flexibility index (Phi) is 5.23. The number of benzene rings is 3. The largest absolute Gasteiger partial charge is 0.508 e. The van der Waals surface area contributed by atoms with Gasteiger partial charge in [-0.15, -0.1) is 0 Å². The van der Waals surface area contributed by atoms with Gasteiger partial charge in [0.05, 0.1) is 13.7 Å². The maximum absolute atomic E-state index is 13.5. The van der Waals surface area contributed by atoms with Crippen LogP contribution in [0.1, 0.15) is 39.0 Å². The van der Waals surface area contributed by atoms with Gasteiger partial charge in [0.15, 0.2) is 11.5 Å². The first-order valence-electron chi connectivity index (χ1n) is 10.7. The lowest BCUT2D eigenvalue weighted by Crippen LogP contribution is -2.36. The van der Waals surface area contributed by atoms with Crippen molar-refractivity contribution in [1.82, 2.24) is 0 Å². The maximum Gasteiger partial charge on any atom is 0.258 e. The fraction of sp³-hybridized carbons (Fsp3) is 0.269. The van der Waals surface area contributed by atoms with E-state index in [0.29, 0.717) is 22.6 Å². The highest BCUT2D eigenvalue weighted by Crippen LogP contribution is 2.40. The lowest BCUT2D eigenvalue weighted by Gasteiger charge is -2.23. The molecular formula is C26H25NO5. The Labute approximate surface area is 186 Å². The van der Waals surface area contributed by atoms with Crippen molar-refractivity contribution in [2.24, 2.45) is 0 Å². The number of aliphatic hydroxyl groups is 1. The number of para-hydroxylation sites is 1. The SMILES string of the molecule is COc1cc2c(cc1OCc1cc(O)cc(CO)c1)CC[C@@H]1Cc3ccccc3N1C2=O. The Morgan fingerprint density at radius 1 is 1.03 bits per heavy atom. The number of nitrogens with zero attached hydrogens (tertiary/aromatic N) is 1. The first-order chi connectivity index (χ1) is 15.6. The molecule has 2 heterocycles. The molecule has 0 saturated heterocycles. The van der Waals surface area contributed by atoms with Crippen LogP contribution in [0.2, 0.25) is 0 Å². The fourth-order valence-corrected chi connectivity index (χ4v) is 4.78. The van der Waals surface area contributed by atoms with E-state index in [1.807, 2.05) is 29.2 Å². The molecule has 0 spiro atoms. The molecule has 0 aliphatic carbocycles. The normalized spacial score (nSPS) is 16.8. The van der Waals surface area contributed by atoms with Gasteiger partial charge in [-0.1, -0.05) is 18.2 Å². The number of rotatable bonds is 5. The molecule has 0 bridgehead atoms. The predicted octanol–water partition coefficient (Wildman–Crippen LogP) is 3.99. The van der Waals surface area contributed by atoms with Gasteiger partial charge in [-0.25, -0.2) is 0 Å². The van der Waals surface area contributed by atoms with E-state index in [1.54, 1.807) is 25.3 Å². The molecule has 1 atom stereocenters. The third-order valence-electron chi connectivity index (χ3n) is 6.27. The van der Waals surface area contributed by atoms with E-state index in [0.717, 1.165) is 36.1 Å². The summed E-state index contributed by atoms with van der Waals surface area (Å²) in [4.78, 5) is 15.5. The van der Waals surface area contributed by atoms with Gasteiger partial charge in [0.2, 0.25) is 0 Å². The summed E-state index contributed by atoms with van der Waals surface area (Å²) >= 11 is 0. The first kappa shape index (κ1) is 20.4. The van der Waals surface area contributed by atoms with Crippen LogP contribution >= 0.6 is 0 Å². The second-order valence-corrected chi connectivity index (χ2v) is 8.32. The molecule has 5 rings (SSSR count). The van der Waals surface area contributed by atoms with Crippen LogP contribution in [0.3, 0.4) is 0 Å². The standard InChI is InChI=1S/C26H25NO5/c1-31-24-13-22-18(12-25(24)32-15-17-8-16(14-28)9-21(29)10-17)6-7-20-11-19-4-2-3-5-23(19)27(20)26(22)30/h2-5,8-10,12-13,20,28-29H,6-7,11,14-15H2,1H3/t20-/m1/s1. The van der Waals surface area contributed by atoms with Gasteiger partial charge in [0.1, 0.15) is 12.4 Å². The third-order valence-corrected chi connectivity index (χ3v) is 6.27. The number of hydrogen-bond acceptors (Lipinski definition) is 5. The minimum atomic E-state index is -0.160. The van der Waals surface area contributed by atoms with Crippen LogP contribution in [0.25, 0.3) is 0 Å². The van der Waals surface area contributed by atoms with E-state index in [4.69, 9.17) is 9.47 Å². The van der Waals surface area contributed by atoms with E-state index in [-0.39, 0.29) is 30.9 Å². The van der Waals surface area contributed by atoms with Crippen LogP contribution in [0.15, 0.2) is 54.6 Å². The van der Waals surface area contributed by atoms with Crippen molar-refractivity contribution in [2.45, 2.75) is 38.5 Å². The van der Waals surface area contributed by atoms with E-state index >= 15 is 0 Å². The highest BCUT2D eigenvalue weighted by atomic mass is 16.5. The molecule has 3 aromatic carbocycles. The lowest BCUT2D eigenvalue weighted by atomic mass is 9.99. The minimum absolute atomic E-state index is 0.00197. The Balaban J connectivity index is 1.45. The molecule has 164 valence electrons. The summed E-state index contributed by atoms with van der Waals surface area (Å²) in [7, 11) is 1.56. The molecule has 32 heavy (non-hydrogen) atoms. The van der Waals surface area contributed by atoms with Crippen molar-refractivity contribution in [3.63, 3.8) is 0 Å². The van der Waals surface area contributed by atoms with Gasteiger partial charge in [-0.3, -0.25) is 4.79 Å². The second-order valence-electron chi connectivity index (χ2n) is 8.32. The summed E-state index contributed by atoms with van der Waals surface area (Å²) in [6.07, 6.45) is 2.53. The molecule has 6 heteroatoms. The molecule has 0 saturated carbocycles. The summed E-state index contributed by atoms with van der Waals surface area (Å²) < 4.78 is 11.6. The smallest absolute Gasteiger partial charge is 0.258 e. The zero-order valence-electron chi connectivity index (χ0n) is 17.9. The molecule has 2 aliphatic heterocycles. The topological polar surface area (TPSA) is 79.2 Å². The highest BCUT2D eigenvalue weighted by molar-refractivity contribution is 6.09. The molecular weight excluding hydrogens is 406 g/mol. The summed E-state index contributed by atoms with van der Waals surface area (Å²) in [6, 6.07) is 16.8. The van der Waals surface area contributed by atoms with Crippen LogP contribution in [-0.4, -0.2) is 29.3 Å². The first-order valence-corrected chi connectivity index (χ1v) is 10.7. The van der Waals surface area contributed by atoms with Gasteiger partial charge >= 0.3 is 0 Å². The van der Waals surface area contributed by atoms with Gasteiger partial charge in [-0.05, 0) is 77.9 Å². The van der Waals surface area contributed by atoms with Crippen molar-refractivity contribution in [3.05, 3.63) is 82.4 Å². The number of phenolic OH excluding ortho intramolecular Hbond substituents is 1. The van der Waals surface area contributed by atoms with Crippen molar-refractivity contribution in [1.29, 1.82) is 0 Å². The number of anilines is 1. The van der Waals surface area contributed by atoms with Crippen LogP contribution in [0.5, 0.6) is 17.2 Å². The number of hydrogen-bond donors (Lipinski definition) is 2. The molecule has 6 nitrogen and oxygen atoms in total. The maximum atomic E-state index is 13.5. The molecule has 0 aromatic heterocycles. The number of ether oxygens (including phenoxy) is 2. The number of aliphatic hydroxyl groups excluding tert-OH is 1. The fourth-order valence-electron chi connectivity index (χ4n) is 4.78. The number of phenols is 1. The van der Waals surface area contributed by atoms with Crippen molar-refractivity contribution in [3.8, 4) is 17.2 Å². The lowest BCUT2D eigenvalue weighted by molar-refractivity contribution is 0.0981. The van der Waals surface area contributed by atoms with Gasteiger partial charge in [0, 0.05) is 17.3 Å². The minimum Gasteiger partial charge on any atom is -0.508 e. The van der Waals surface area contributed by atoms with Crippen LogP contribution < -0.4 is 14.4 Å². The Morgan fingerprint density at radius 2 is 1.84 bits per heavy atom. The molecule has 1 amide bonds. The van der Waals surface area contributed by atoms with E-state index in [2.05, 4.69) is 6.07 Å². The number of methoxy groups -OCH3 is 1. The van der Waals surface area contributed by atoms with Crippen molar-refractivity contribution in [2.75, 3.05) is 12.0 Å². The Bertz CT molecular complexity index is 1190. The Morgan fingerprint density at radius 3 is 2.66 bits per heavy atom. The average molecular weight is 431 g/mol. The highest BCUT2D eigenvalue weighted by Gasteiger charge is 2.37. The van der Waals surface area contributed by atoms with Gasteiger partial charge < -0.3 is 24.6 Å². The number of carbonyl (C=O) groups excluding carboxylic acids is 1. The Hall–Kier alpha value is -3.51. The zero-order valence-corrected chi connectivity index (χ0v) is 17.9. The molecule has 0 fully saturated rings. The number of aryl methyl sites for hydroxylation is 1. The number of amides is 1. The monoisotopic (exact) mass is 431 g/mol. The van der Waals surface area contributed by atoms with E-state index in [9.17, 15) is 15.0 Å². The van der Waals surface area contributed by atoms with Crippen molar-refractivity contribution >= 4 is 11.6 Å². The van der Waals surface area contributed by atoms with Gasteiger partial charge in [0.25, 0.3) is 5.91 Å². The summed E-state index contributed by atoms with van der Waals surface area (Å²) in [5, 5.41) is 19.2. The molecule has 2 aliphatic rings. The molecule has 3 aromatic rings. The molecule has 2 N–H and O–H groups in total. The van der Waals surface area contributed by atoms with Gasteiger partial charge in [-0.2, -0.15) is 0 Å². The zero-order chi connectivity index (χ0) is 22.2. The van der Waals surface area contributed by atoms with Crippen LogP contribution in [0, 0.1) is 0 Å². The van der Waals surface area contributed by atoms with Crippen LogP contribution in [-0.2, 0) is 26.1 Å². The number of aromatic hydroxyl groups is 1. The summed E-state index contributed by atoms with van der Waals surface area (Å²) in [6.45, 7) is 0.0408. The van der Waals surface area contributed by atoms with Crippen molar-refractivity contribution < 1.29 is 24.5 Å². The van der Waals surface area contributed by atoms with Crippen LogP contribution in [0.4, 0.5) is 5.69 Å². The summed E-state index contributed by atoms with van der Waals surface area (Å²) in [5.41, 5.74) is 5.16. The number of carbonyl (C=O) groups is 1. The summed E-state index contributed by atoms with van der Waals surface area (Å²) in [5.74, 6) is 1.12. The quantitative estimate of drug-likeness (QED) is 0.639. The second kappa shape index (κ2) is 8.20. The molecule has 0 radical (unpaired) electrons. The molecule has 0 unspecified atom stereocenters. The third kappa shape index (κ3) is 3.56. The average Bonchev–Trinajstić information content (AvgIpc) is 3.12. The van der Waals surface area contributed by atoms with E-state index < -0.39 is 0 Å².